The Labute approximate surface area is 286 Å². The number of carbonyl (C=O) groups is 1. The van der Waals surface area contributed by atoms with Crippen molar-refractivity contribution in [2.75, 3.05) is 6.61 Å². The minimum absolute atomic E-state index is 0.128. The molecule has 0 spiro atoms. The van der Waals surface area contributed by atoms with E-state index in [1.165, 1.54) is 15.9 Å². The SMILES string of the molecule is CCOC(=O)C1=C(C)N=c2s/c(=C/c3cc(Cl)c(OCc4ccc5ccccc5c4)c(Cl)c3)c(=O)n2[C@@H]1c1ccccc1OC(C)C. The van der Waals surface area contributed by atoms with Gasteiger partial charge in [0.2, 0.25) is 0 Å². The van der Waals surface area contributed by atoms with Crippen LogP contribution in [0.5, 0.6) is 11.5 Å². The van der Waals surface area contributed by atoms with Crippen molar-refractivity contribution in [3.63, 3.8) is 0 Å². The first-order valence-electron chi connectivity index (χ1n) is 15.2. The van der Waals surface area contributed by atoms with Gasteiger partial charge in [-0.25, -0.2) is 9.79 Å². The third-order valence-corrected chi connectivity index (χ3v) is 9.15. The lowest BCUT2D eigenvalue weighted by Gasteiger charge is -2.26. The highest BCUT2D eigenvalue weighted by Crippen LogP contribution is 2.37. The minimum atomic E-state index is -0.805. The number of thiazole rings is 1. The van der Waals surface area contributed by atoms with E-state index in [0.717, 1.165) is 16.3 Å². The molecule has 0 fully saturated rings. The van der Waals surface area contributed by atoms with Gasteiger partial charge in [0.25, 0.3) is 5.56 Å². The van der Waals surface area contributed by atoms with E-state index in [1.807, 2.05) is 62.4 Å². The number of ether oxygens (including phenoxy) is 3. The maximum Gasteiger partial charge on any atom is 0.338 e. The van der Waals surface area contributed by atoms with Crippen molar-refractivity contribution in [3.8, 4) is 11.5 Å². The molecule has 10 heteroatoms. The maximum absolute atomic E-state index is 14.1. The molecule has 1 atom stereocenters. The van der Waals surface area contributed by atoms with Crippen molar-refractivity contribution >= 4 is 57.4 Å². The summed E-state index contributed by atoms with van der Waals surface area (Å²) in [5.74, 6) is 0.387. The van der Waals surface area contributed by atoms with Crippen LogP contribution in [-0.4, -0.2) is 23.2 Å². The first-order valence-corrected chi connectivity index (χ1v) is 16.8. The Morgan fingerprint density at radius 2 is 1.70 bits per heavy atom. The van der Waals surface area contributed by atoms with Gasteiger partial charge in [0.15, 0.2) is 10.6 Å². The molecule has 7 nitrogen and oxygen atoms in total. The van der Waals surface area contributed by atoms with Gasteiger partial charge in [-0.1, -0.05) is 89.1 Å². The highest BCUT2D eigenvalue weighted by atomic mass is 35.5. The first-order chi connectivity index (χ1) is 22.6. The number of esters is 1. The van der Waals surface area contributed by atoms with Crippen LogP contribution in [0.25, 0.3) is 16.8 Å². The molecule has 0 saturated carbocycles. The van der Waals surface area contributed by atoms with E-state index in [4.69, 9.17) is 37.4 Å². The summed E-state index contributed by atoms with van der Waals surface area (Å²) in [4.78, 5) is 32.6. The largest absolute Gasteiger partial charge is 0.491 e. The van der Waals surface area contributed by atoms with Gasteiger partial charge in [-0.2, -0.15) is 0 Å². The Hall–Kier alpha value is -4.37. The zero-order chi connectivity index (χ0) is 33.2. The molecule has 1 aliphatic rings. The number of carbonyl (C=O) groups excluding carboxylic acids is 1. The number of fused-ring (bicyclic) bond motifs is 2. The Balaban J connectivity index is 1.38. The number of hydrogen-bond donors (Lipinski definition) is 0. The molecule has 2 heterocycles. The number of benzene rings is 4. The second kappa shape index (κ2) is 13.8. The van der Waals surface area contributed by atoms with Gasteiger partial charge in [0.05, 0.1) is 38.6 Å². The molecule has 6 rings (SSSR count). The third kappa shape index (κ3) is 6.72. The monoisotopic (exact) mass is 686 g/mol. The number of para-hydroxylation sites is 1. The molecule has 47 heavy (non-hydrogen) atoms. The van der Waals surface area contributed by atoms with Crippen LogP contribution in [0.15, 0.2) is 99.9 Å². The number of hydrogen-bond acceptors (Lipinski definition) is 7. The van der Waals surface area contributed by atoms with Gasteiger partial charge in [0.1, 0.15) is 18.4 Å². The van der Waals surface area contributed by atoms with Gasteiger partial charge in [-0.05, 0) is 79.9 Å². The number of allylic oxidation sites excluding steroid dienone is 1. The maximum atomic E-state index is 14.1. The van der Waals surface area contributed by atoms with Crippen LogP contribution < -0.4 is 24.4 Å². The zero-order valence-electron chi connectivity index (χ0n) is 26.3. The molecule has 0 saturated heterocycles. The lowest BCUT2D eigenvalue weighted by Crippen LogP contribution is -2.40. The molecule has 1 aromatic heterocycles. The Morgan fingerprint density at radius 3 is 2.43 bits per heavy atom. The van der Waals surface area contributed by atoms with E-state index >= 15 is 0 Å². The molecule has 0 N–H and O–H groups in total. The smallest absolute Gasteiger partial charge is 0.338 e. The van der Waals surface area contributed by atoms with E-state index in [1.54, 1.807) is 32.1 Å². The number of nitrogens with zero attached hydrogens (tertiary/aromatic N) is 2. The van der Waals surface area contributed by atoms with Crippen molar-refractivity contribution in [1.29, 1.82) is 0 Å². The summed E-state index contributed by atoms with van der Waals surface area (Å²) in [6, 6.07) is 24.2. The number of rotatable bonds is 9. The Morgan fingerprint density at radius 1 is 1.00 bits per heavy atom. The second-order valence-corrected chi connectivity index (χ2v) is 13.1. The summed E-state index contributed by atoms with van der Waals surface area (Å²) >= 11 is 14.5. The Bertz CT molecular complexity index is 2200. The first kappa shape index (κ1) is 32.6. The number of aromatic nitrogens is 1. The normalized spacial score (nSPS) is 14.7. The van der Waals surface area contributed by atoms with Crippen molar-refractivity contribution in [3.05, 3.63) is 137 Å². The van der Waals surface area contributed by atoms with Crippen molar-refractivity contribution in [1.82, 2.24) is 4.57 Å². The Kier molecular flexibility index (Phi) is 9.55. The molecule has 1 aliphatic heterocycles. The van der Waals surface area contributed by atoms with Gasteiger partial charge in [0, 0.05) is 5.56 Å². The number of halogens is 2. The van der Waals surface area contributed by atoms with Gasteiger partial charge >= 0.3 is 5.97 Å². The summed E-state index contributed by atoms with van der Waals surface area (Å²) in [5, 5.41) is 2.89. The molecular formula is C37H32Cl2N2O5S. The molecule has 0 unspecified atom stereocenters. The minimum Gasteiger partial charge on any atom is -0.491 e. The molecule has 0 bridgehead atoms. The van der Waals surface area contributed by atoms with Crippen LogP contribution in [-0.2, 0) is 16.1 Å². The molecule has 240 valence electrons. The fourth-order valence-electron chi connectivity index (χ4n) is 5.59. The predicted molar refractivity (Wildman–Crippen MR) is 187 cm³/mol. The molecular weight excluding hydrogens is 655 g/mol. The summed E-state index contributed by atoms with van der Waals surface area (Å²) in [6.45, 7) is 7.80. The summed E-state index contributed by atoms with van der Waals surface area (Å²) in [5.41, 5.74) is 2.68. The highest BCUT2D eigenvalue weighted by molar-refractivity contribution is 7.07. The van der Waals surface area contributed by atoms with E-state index in [2.05, 4.69) is 23.2 Å². The van der Waals surface area contributed by atoms with E-state index in [-0.39, 0.29) is 30.5 Å². The van der Waals surface area contributed by atoms with E-state index in [0.29, 0.717) is 47.7 Å². The lowest BCUT2D eigenvalue weighted by molar-refractivity contribution is -0.139. The third-order valence-electron chi connectivity index (χ3n) is 7.61. The summed E-state index contributed by atoms with van der Waals surface area (Å²) in [7, 11) is 0. The molecule has 5 aromatic rings. The standard InChI is InChI=1S/C37H32Cl2N2O5S/c1-5-44-36(43)32-22(4)40-37-41(33(32)27-12-8-9-13-30(27)46-21(2)3)35(42)31(47-37)19-24-17-28(38)34(29(39)18-24)45-20-23-14-15-25-10-6-7-11-26(25)16-23/h6-19,21,33H,5,20H2,1-4H3/b31-19+/t33-/m1/s1. The molecule has 0 amide bonds. The zero-order valence-corrected chi connectivity index (χ0v) is 28.6. The topological polar surface area (TPSA) is 79.1 Å². The molecule has 0 radical (unpaired) electrons. The molecule has 0 aliphatic carbocycles. The van der Waals surface area contributed by atoms with Gasteiger partial charge in [-0.3, -0.25) is 9.36 Å². The van der Waals surface area contributed by atoms with Crippen LogP contribution in [0, 0.1) is 0 Å². The van der Waals surface area contributed by atoms with Crippen LogP contribution >= 0.6 is 34.5 Å². The average molecular weight is 688 g/mol. The van der Waals surface area contributed by atoms with E-state index in [9.17, 15) is 9.59 Å². The second-order valence-electron chi connectivity index (χ2n) is 11.3. The quantitative estimate of drug-likeness (QED) is 0.149. The van der Waals surface area contributed by atoms with Gasteiger partial charge in [-0.15, -0.1) is 0 Å². The van der Waals surface area contributed by atoms with Crippen LogP contribution in [0.2, 0.25) is 10.0 Å². The summed E-state index contributed by atoms with van der Waals surface area (Å²) in [6.07, 6.45) is 1.59. The van der Waals surface area contributed by atoms with Crippen LogP contribution in [0.1, 0.15) is 50.4 Å². The average Bonchev–Trinajstić information content (AvgIpc) is 3.33. The van der Waals surface area contributed by atoms with Crippen molar-refractivity contribution in [2.24, 2.45) is 4.99 Å². The fourth-order valence-corrected chi connectivity index (χ4v) is 7.25. The van der Waals surface area contributed by atoms with Gasteiger partial charge < -0.3 is 14.2 Å². The fraction of sp³-hybridized carbons (Fsp3) is 0.216. The summed E-state index contributed by atoms with van der Waals surface area (Å²) < 4.78 is 19.5. The highest BCUT2D eigenvalue weighted by Gasteiger charge is 2.35. The van der Waals surface area contributed by atoms with Crippen LogP contribution in [0.4, 0.5) is 0 Å². The predicted octanol–water partition coefficient (Wildman–Crippen LogP) is 7.62. The van der Waals surface area contributed by atoms with Crippen molar-refractivity contribution < 1.29 is 19.0 Å². The van der Waals surface area contributed by atoms with Crippen molar-refractivity contribution in [2.45, 2.75) is 46.4 Å². The van der Waals surface area contributed by atoms with Crippen LogP contribution in [0.3, 0.4) is 0 Å². The van der Waals surface area contributed by atoms with E-state index < -0.39 is 12.0 Å². The molecule has 4 aromatic carbocycles. The lowest BCUT2D eigenvalue weighted by atomic mass is 9.95.